The van der Waals surface area contributed by atoms with Gasteiger partial charge in [0.15, 0.2) is 9.84 Å². The lowest BCUT2D eigenvalue weighted by Gasteiger charge is -2.26. The molecule has 5 heteroatoms. The fraction of sp³-hybridized carbons (Fsp3) is 0.500. The van der Waals surface area contributed by atoms with E-state index in [4.69, 9.17) is 4.74 Å². The molecule has 1 aliphatic heterocycles. The molecule has 0 aromatic heterocycles. The van der Waals surface area contributed by atoms with Crippen molar-refractivity contribution in [3.8, 4) is 5.75 Å². The summed E-state index contributed by atoms with van der Waals surface area (Å²) in [5, 5.41) is 3.21. The molecule has 17 heavy (non-hydrogen) atoms. The Morgan fingerprint density at radius 1 is 1.29 bits per heavy atom. The number of sulfone groups is 1. The molecule has 0 amide bonds. The summed E-state index contributed by atoms with van der Waals surface area (Å²) in [6.07, 6.45) is 2.24. The molecule has 1 fully saturated rings. The third-order valence-electron chi connectivity index (χ3n) is 2.91. The lowest BCUT2D eigenvalue weighted by atomic mass is 10.0. The van der Waals surface area contributed by atoms with E-state index in [9.17, 15) is 8.42 Å². The van der Waals surface area contributed by atoms with Gasteiger partial charge in [0, 0.05) is 6.26 Å². The van der Waals surface area contributed by atoms with E-state index in [1.165, 1.54) is 6.26 Å². The molecule has 0 bridgehead atoms. The van der Waals surface area contributed by atoms with Crippen molar-refractivity contribution < 1.29 is 13.2 Å². The van der Waals surface area contributed by atoms with Gasteiger partial charge in [-0.25, -0.2) is 8.42 Å². The first-order chi connectivity index (χ1) is 8.05. The van der Waals surface area contributed by atoms with Crippen molar-refractivity contribution in [3.05, 3.63) is 24.3 Å². The first-order valence-corrected chi connectivity index (χ1v) is 7.58. The largest absolute Gasteiger partial charge is 0.494 e. The van der Waals surface area contributed by atoms with Crippen LogP contribution in [0.25, 0.3) is 0 Å². The highest BCUT2D eigenvalue weighted by Gasteiger charge is 2.16. The summed E-state index contributed by atoms with van der Waals surface area (Å²) in [5.74, 6) is 1.45. The molecule has 1 heterocycles. The van der Waals surface area contributed by atoms with E-state index in [1.807, 2.05) is 0 Å². The number of nitrogens with one attached hydrogen (secondary N) is 1. The second-order valence-corrected chi connectivity index (χ2v) is 6.42. The normalized spacial score (nSPS) is 16.5. The third kappa shape index (κ3) is 3.44. The summed E-state index contributed by atoms with van der Waals surface area (Å²) in [6, 6.07) is 6.57. The molecule has 0 aliphatic carbocycles. The second kappa shape index (κ2) is 5.06. The molecule has 1 saturated heterocycles. The highest BCUT2D eigenvalue weighted by molar-refractivity contribution is 7.90. The van der Waals surface area contributed by atoms with Crippen LogP contribution in [0, 0.1) is 5.92 Å². The van der Waals surface area contributed by atoms with Gasteiger partial charge in [0.05, 0.1) is 11.5 Å². The maximum Gasteiger partial charge on any atom is 0.175 e. The fourth-order valence-corrected chi connectivity index (χ4v) is 2.31. The van der Waals surface area contributed by atoms with Gasteiger partial charge in [0.2, 0.25) is 0 Å². The Hall–Kier alpha value is -1.07. The molecule has 1 aliphatic rings. The molecule has 2 rings (SSSR count). The molecule has 4 nitrogen and oxygen atoms in total. The summed E-state index contributed by atoms with van der Waals surface area (Å²) < 4.78 is 28.0. The highest BCUT2D eigenvalue weighted by atomic mass is 32.2. The maximum atomic E-state index is 11.2. The Balaban J connectivity index is 1.85. The Morgan fingerprint density at radius 2 is 1.94 bits per heavy atom. The summed E-state index contributed by atoms with van der Waals surface area (Å²) in [4.78, 5) is 0.327. The first-order valence-electron chi connectivity index (χ1n) is 5.69. The summed E-state index contributed by atoms with van der Waals surface area (Å²) in [6.45, 7) is 2.84. The second-order valence-electron chi connectivity index (χ2n) is 4.40. The van der Waals surface area contributed by atoms with Crippen LogP contribution in [0.2, 0.25) is 0 Å². The topological polar surface area (TPSA) is 55.4 Å². The van der Waals surface area contributed by atoms with Crippen LogP contribution in [-0.2, 0) is 9.84 Å². The molecule has 1 aromatic carbocycles. The number of benzene rings is 1. The van der Waals surface area contributed by atoms with Gasteiger partial charge < -0.3 is 10.1 Å². The van der Waals surface area contributed by atoms with Crippen LogP contribution in [0.4, 0.5) is 0 Å². The Bertz CT molecular complexity index is 463. The minimum absolute atomic E-state index is 0.327. The SMILES string of the molecule is CS(=O)(=O)c1ccc(OCCC2CNC2)cc1. The van der Waals surface area contributed by atoms with Crippen LogP contribution in [0.3, 0.4) is 0 Å². The minimum Gasteiger partial charge on any atom is -0.494 e. The van der Waals surface area contributed by atoms with Gasteiger partial charge in [-0.3, -0.25) is 0 Å². The minimum atomic E-state index is -3.11. The van der Waals surface area contributed by atoms with E-state index in [1.54, 1.807) is 24.3 Å². The van der Waals surface area contributed by atoms with Gasteiger partial charge in [0.1, 0.15) is 5.75 Å². The molecule has 0 atom stereocenters. The van der Waals surface area contributed by atoms with Gasteiger partial charge in [-0.1, -0.05) is 0 Å². The number of hydrogen-bond acceptors (Lipinski definition) is 4. The fourth-order valence-electron chi connectivity index (χ4n) is 1.68. The molecule has 1 N–H and O–H groups in total. The van der Waals surface area contributed by atoms with E-state index >= 15 is 0 Å². The molecule has 0 unspecified atom stereocenters. The molecule has 0 saturated carbocycles. The zero-order chi connectivity index (χ0) is 12.3. The zero-order valence-corrected chi connectivity index (χ0v) is 10.7. The number of ether oxygens (including phenoxy) is 1. The smallest absolute Gasteiger partial charge is 0.175 e. The van der Waals surface area contributed by atoms with Crippen LogP contribution in [-0.4, -0.2) is 34.4 Å². The average molecular weight is 255 g/mol. The van der Waals surface area contributed by atoms with Gasteiger partial charge in [-0.05, 0) is 49.7 Å². The number of hydrogen-bond donors (Lipinski definition) is 1. The van der Waals surface area contributed by atoms with Crippen molar-refractivity contribution in [1.29, 1.82) is 0 Å². The van der Waals surface area contributed by atoms with Crippen LogP contribution < -0.4 is 10.1 Å². The molecule has 0 radical (unpaired) electrons. The molecular weight excluding hydrogens is 238 g/mol. The van der Waals surface area contributed by atoms with Crippen LogP contribution in [0.1, 0.15) is 6.42 Å². The average Bonchev–Trinajstić information content (AvgIpc) is 2.21. The first kappa shape index (κ1) is 12.4. The Morgan fingerprint density at radius 3 is 2.41 bits per heavy atom. The van der Waals surface area contributed by atoms with Crippen molar-refractivity contribution in [2.45, 2.75) is 11.3 Å². The standard InChI is InChI=1S/C12H17NO3S/c1-17(14,15)12-4-2-11(3-5-12)16-7-6-10-8-13-9-10/h2-5,10,13H,6-9H2,1H3. The van der Waals surface area contributed by atoms with Crippen LogP contribution >= 0.6 is 0 Å². The van der Waals surface area contributed by atoms with Crippen molar-refractivity contribution in [1.82, 2.24) is 5.32 Å². The number of rotatable bonds is 5. The zero-order valence-electron chi connectivity index (χ0n) is 9.85. The lowest BCUT2D eigenvalue weighted by molar-refractivity contribution is 0.238. The van der Waals surface area contributed by atoms with Gasteiger partial charge >= 0.3 is 0 Å². The van der Waals surface area contributed by atoms with E-state index in [2.05, 4.69) is 5.32 Å². The molecule has 0 spiro atoms. The molecular formula is C12H17NO3S. The summed E-state index contributed by atoms with van der Waals surface area (Å²) in [7, 11) is -3.11. The molecule has 94 valence electrons. The quantitative estimate of drug-likeness (QED) is 0.855. The maximum absolute atomic E-state index is 11.2. The van der Waals surface area contributed by atoms with Crippen molar-refractivity contribution >= 4 is 9.84 Å². The monoisotopic (exact) mass is 255 g/mol. The molecule has 1 aromatic rings. The van der Waals surface area contributed by atoms with E-state index in [0.717, 1.165) is 31.2 Å². The van der Waals surface area contributed by atoms with Crippen LogP contribution in [0.15, 0.2) is 29.2 Å². The summed E-state index contributed by atoms with van der Waals surface area (Å²) >= 11 is 0. The van der Waals surface area contributed by atoms with E-state index < -0.39 is 9.84 Å². The van der Waals surface area contributed by atoms with E-state index in [-0.39, 0.29) is 0 Å². The predicted octanol–water partition coefficient (Wildman–Crippen LogP) is 1.08. The van der Waals surface area contributed by atoms with Gasteiger partial charge in [-0.2, -0.15) is 0 Å². The van der Waals surface area contributed by atoms with Crippen molar-refractivity contribution in [3.63, 3.8) is 0 Å². The van der Waals surface area contributed by atoms with Gasteiger partial charge in [0.25, 0.3) is 0 Å². The third-order valence-corrected chi connectivity index (χ3v) is 4.04. The Labute approximate surface area is 102 Å². The van der Waals surface area contributed by atoms with Crippen molar-refractivity contribution in [2.75, 3.05) is 26.0 Å². The van der Waals surface area contributed by atoms with Gasteiger partial charge in [-0.15, -0.1) is 0 Å². The predicted molar refractivity (Wildman–Crippen MR) is 66.0 cm³/mol. The lowest BCUT2D eigenvalue weighted by Crippen LogP contribution is -2.42. The Kier molecular flexibility index (Phi) is 3.69. The van der Waals surface area contributed by atoms with Crippen molar-refractivity contribution in [2.24, 2.45) is 5.92 Å². The summed E-state index contributed by atoms with van der Waals surface area (Å²) in [5.41, 5.74) is 0. The highest BCUT2D eigenvalue weighted by Crippen LogP contribution is 2.17. The van der Waals surface area contributed by atoms with Crippen LogP contribution in [0.5, 0.6) is 5.75 Å². The van der Waals surface area contributed by atoms with E-state index in [0.29, 0.717) is 11.5 Å².